The van der Waals surface area contributed by atoms with Gasteiger partial charge in [0.1, 0.15) is 24.2 Å². The Morgan fingerprint density at radius 1 is 1.38 bits per heavy atom. The van der Waals surface area contributed by atoms with Crippen LogP contribution in [-0.2, 0) is 9.53 Å². The van der Waals surface area contributed by atoms with Gasteiger partial charge in [-0.1, -0.05) is 24.3 Å². The van der Waals surface area contributed by atoms with Crippen LogP contribution in [0, 0.1) is 0 Å². The lowest BCUT2D eigenvalue weighted by Crippen LogP contribution is -2.20. The summed E-state index contributed by atoms with van der Waals surface area (Å²) in [4.78, 5) is 10.7. The molecule has 1 aromatic carbocycles. The molecular formula is C13H14O3. The van der Waals surface area contributed by atoms with Gasteiger partial charge in [0.25, 0.3) is 0 Å². The lowest BCUT2D eigenvalue weighted by molar-refractivity contribution is -0.120. The average molecular weight is 218 g/mol. The molecule has 0 fully saturated rings. The minimum absolute atomic E-state index is 0.130. The lowest BCUT2D eigenvalue weighted by atomic mass is 10.1. The largest absolute Gasteiger partial charge is 0.497 e. The normalized spacial score (nSPS) is 24.1. The molecule has 0 radical (unpaired) electrons. The molecule has 1 aliphatic rings. The standard InChI is InChI=1S/C13H14O3/c1-15-11-7-5-10(6-8-11)13-4-2-3-12(9-14)16-13/h2,4-9,12-13H,3H2,1H3/t12-,13-/m0/s1. The van der Waals surface area contributed by atoms with Crippen LogP contribution in [0.1, 0.15) is 18.1 Å². The third kappa shape index (κ3) is 2.31. The molecule has 84 valence electrons. The molecular weight excluding hydrogens is 204 g/mol. The van der Waals surface area contributed by atoms with E-state index < -0.39 is 0 Å². The summed E-state index contributed by atoms with van der Waals surface area (Å²) in [6.07, 6.45) is 5.02. The van der Waals surface area contributed by atoms with E-state index in [-0.39, 0.29) is 12.2 Å². The van der Waals surface area contributed by atoms with Gasteiger partial charge in [-0.3, -0.25) is 0 Å². The van der Waals surface area contributed by atoms with Crippen LogP contribution in [0.4, 0.5) is 0 Å². The van der Waals surface area contributed by atoms with Gasteiger partial charge in [-0.15, -0.1) is 0 Å². The fourth-order valence-electron chi connectivity index (χ4n) is 1.70. The fraction of sp³-hybridized carbons (Fsp3) is 0.308. The zero-order chi connectivity index (χ0) is 11.4. The minimum Gasteiger partial charge on any atom is -0.497 e. The number of methoxy groups -OCH3 is 1. The van der Waals surface area contributed by atoms with Crippen molar-refractivity contribution in [2.75, 3.05) is 7.11 Å². The van der Waals surface area contributed by atoms with E-state index >= 15 is 0 Å². The van der Waals surface area contributed by atoms with Crippen molar-refractivity contribution in [3.63, 3.8) is 0 Å². The van der Waals surface area contributed by atoms with Gasteiger partial charge in [-0.2, -0.15) is 0 Å². The Morgan fingerprint density at radius 3 is 2.75 bits per heavy atom. The molecule has 0 saturated heterocycles. The average Bonchev–Trinajstić information content (AvgIpc) is 2.39. The van der Waals surface area contributed by atoms with E-state index in [9.17, 15) is 4.79 Å². The van der Waals surface area contributed by atoms with Gasteiger partial charge in [0.15, 0.2) is 0 Å². The number of hydrogen-bond donors (Lipinski definition) is 0. The number of carbonyl (C=O) groups excluding carboxylic acids is 1. The van der Waals surface area contributed by atoms with Crippen LogP contribution < -0.4 is 4.74 Å². The first-order chi connectivity index (χ1) is 7.83. The van der Waals surface area contributed by atoms with Gasteiger partial charge in [0.05, 0.1) is 7.11 Å². The number of aldehydes is 1. The Labute approximate surface area is 94.7 Å². The van der Waals surface area contributed by atoms with E-state index in [1.807, 2.05) is 36.4 Å². The third-order valence-electron chi connectivity index (χ3n) is 2.60. The number of hydrogen-bond acceptors (Lipinski definition) is 3. The quantitative estimate of drug-likeness (QED) is 0.576. The molecule has 1 aliphatic heterocycles. The topological polar surface area (TPSA) is 35.5 Å². The molecule has 1 aromatic rings. The molecule has 2 rings (SSSR count). The first-order valence-electron chi connectivity index (χ1n) is 5.25. The van der Waals surface area contributed by atoms with Crippen molar-refractivity contribution in [3.8, 4) is 5.75 Å². The van der Waals surface area contributed by atoms with Crippen LogP contribution in [0.15, 0.2) is 36.4 Å². The Hall–Kier alpha value is -1.61. The SMILES string of the molecule is COc1ccc([C@@H]2C=CC[C@@H](C=O)O2)cc1. The van der Waals surface area contributed by atoms with E-state index in [0.29, 0.717) is 6.42 Å². The number of rotatable bonds is 3. The summed E-state index contributed by atoms with van der Waals surface area (Å²) in [7, 11) is 1.63. The van der Waals surface area contributed by atoms with Gasteiger partial charge in [-0.05, 0) is 24.1 Å². The van der Waals surface area contributed by atoms with Crippen molar-refractivity contribution in [2.45, 2.75) is 18.6 Å². The van der Waals surface area contributed by atoms with Crippen LogP contribution in [0.25, 0.3) is 0 Å². The molecule has 0 spiro atoms. The first kappa shape index (κ1) is 10.9. The summed E-state index contributed by atoms with van der Waals surface area (Å²) in [6, 6.07) is 7.66. The van der Waals surface area contributed by atoms with Crippen LogP contribution in [0.5, 0.6) is 5.75 Å². The molecule has 0 amide bonds. The van der Waals surface area contributed by atoms with E-state index in [1.165, 1.54) is 0 Å². The molecule has 2 atom stereocenters. The van der Waals surface area contributed by atoms with Crippen LogP contribution in [0.3, 0.4) is 0 Å². The highest BCUT2D eigenvalue weighted by Gasteiger charge is 2.18. The zero-order valence-corrected chi connectivity index (χ0v) is 9.13. The summed E-state index contributed by atoms with van der Waals surface area (Å²) >= 11 is 0. The first-order valence-corrected chi connectivity index (χ1v) is 5.25. The van der Waals surface area contributed by atoms with E-state index in [1.54, 1.807) is 7.11 Å². The number of ether oxygens (including phenoxy) is 2. The predicted molar refractivity (Wildman–Crippen MR) is 60.4 cm³/mol. The van der Waals surface area contributed by atoms with Crippen molar-refractivity contribution in [3.05, 3.63) is 42.0 Å². The maximum absolute atomic E-state index is 10.7. The molecule has 0 aliphatic carbocycles. The van der Waals surface area contributed by atoms with Gasteiger partial charge >= 0.3 is 0 Å². The monoisotopic (exact) mass is 218 g/mol. The second-order valence-electron chi connectivity index (χ2n) is 3.67. The fourth-order valence-corrected chi connectivity index (χ4v) is 1.70. The summed E-state index contributed by atoms with van der Waals surface area (Å²) in [5, 5.41) is 0. The van der Waals surface area contributed by atoms with E-state index in [0.717, 1.165) is 17.6 Å². The van der Waals surface area contributed by atoms with Crippen molar-refractivity contribution in [1.29, 1.82) is 0 Å². The van der Waals surface area contributed by atoms with Crippen molar-refractivity contribution < 1.29 is 14.3 Å². The van der Waals surface area contributed by atoms with Crippen LogP contribution in [-0.4, -0.2) is 19.5 Å². The van der Waals surface area contributed by atoms with E-state index in [4.69, 9.17) is 9.47 Å². The highest BCUT2D eigenvalue weighted by atomic mass is 16.5. The minimum atomic E-state index is -0.322. The summed E-state index contributed by atoms with van der Waals surface area (Å²) in [5.41, 5.74) is 1.03. The van der Waals surface area contributed by atoms with Gasteiger partial charge in [0.2, 0.25) is 0 Å². The molecule has 16 heavy (non-hydrogen) atoms. The molecule has 3 nitrogen and oxygen atoms in total. The number of benzene rings is 1. The summed E-state index contributed by atoms with van der Waals surface area (Å²) < 4.78 is 10.7. The molecule has 1 heterocycles. The van der Waals surface area contributed by atoms with Crippen LogP contribution in [0.2, 0.25) is 0 Å². The third-order valence-corrected chi connectivity index (χ3v) is 2.60. The molecule has 0 bridgehead atoms. The summed E-state index contributed by atoms with van der Waals surface area (Å²) in [6.45, 7) is 0. The Kier molecular flexibility index (Phi) is 3.37. The smallest absolute Gasteiger partial charge is 0.149 e. The Bertz CT molecular complexity index is 381. The molecule has 0 N–H and O–H groups in total. The van der Waals surface area contributed by atoms with Gasteiger partial charge in [0, 0.05) is 0 Å². The highest BCUT2D eigenvalue weighted by Crippen LogP contribution is 2.26. The van der Waals surface area contributed by atoms with Crippen molar-refractivity contribution >= 4 is 6.29 Å². The van der Waals surface area contributed by atoms with Gasteiger partial charge in [-0.25, -0.2) is 0 Å². The Balaban J connectivity index is 2.14. The van der Waals surface area contributed by atoms with Crippen LogP contribution >= 0.6 is 0 Å². The highest BCUT2D eigenvalue weighted by molar-refractivity contribution is 5.57. The maximum atomic E-state index is 10.7. The van der Waals surface area contributed by atoms with E-state index in [2.05, 4.69) is 0 Å². The van der Waals surface area contributed by atoms with Gasteiger partial charge < -0.3 is 14.3 Å². The predicted octanol–water partition coefficient (Wildman–Crippen LogP) is 2.28. The van der Waals surface area contributed by atoms with Crippen molar-refractivity contribution in [2.24, 2.45) is 0 Å². The lowest BCUT2D eigenvalue weighted by Gasteiger charge is -2.22. The van der Waals surface area contributed by atoms with Crippen molar-refractivity contribution in [1.82, 2.24) is 0 Å². The second-order valence-corrected chi connectivity index (χ2v) is 3.67. The molecule has 0 saturated carbocycles. The maximum Gasteiger partial charge on any atom is 0.149 e. The molecule has 0 unspecified atom stereocenters. The number of carbonyl (C=O) groups is 1. The zero-order valence-electron chi connectivity index (χ0n) is 9.13. The molecule has 3 heteroatoms. The summed E-state index contributed by atoms with van der Waals surface area (Å²) in [5.74, 6) is 0.815. The Morgan fingerprint density at radius 2 is 2.12 bits per heavy atom. The second kappa shape index (κ2) is 4.94. The molecule has 0 aromatic heterocycles.